The van der Waals surface area contributed by atoms with Gasteiger partial charge in [0.25, 0.3) is 0 Å². The van der Waals surface area contributed by atoms with E-state index in [0.717, 1.165) is 6.42 Å². The molecule has 0 fully saturated rings. The SMILES string of the molecule is CC1=CC(Cc2ccccc2I)OC1=O. The number of hydrogen-bond acceptors (Lipinski definition) is 2. The number of halogens is 1. The van der Waals surface area contributed by atoms with Gasteiger partial charge in [0.1, 0.15) is 6.10 Å². The van der Waals surface area contributed by atoms with Crippen molar-refractivity contribution in [2.24, 2.45) is 0 Å². The molecule has 2 rings (SSSR count). The Morgan fingerprint density at radius 1 is 1.40 bits per heavy atom. The summed E-state index contributed by atoms with van der Waals surface area (Å²) in [6, 6.07) is 8.14. The molecule has 1 heterocycles. The van der Waals surface area contributed by atoms with Crippen molar-refractivity contribution in [1.29, 1.82) is 0 Å². The molecule has 0 amide bonds. The van der Waals surface area contributed by atoms with Gasteiger partial charge >= 0.3 is 5.97 Å². The molecule has 0 aromatic heterocycles. The lowest BCUT2D eigenvalue weighted by Gasteiger charge is -2.09. The van der Waals surface area contributed by atoms with E-state index in [4.69, 9.17) is 4.74 Å². The Bertz CT molecular complexity index is 423. The number of carbonyl (C=O) groups is 1. The van der Waals surface area contributed by atoms with E-state index in [9.17, 15) is 4.79 Å². The Kier molecular flexibility index (Phi) is 3.09. The van der Waals surface area contributed by atoms with E-state index in [1.54, 1.807) is 6.92 Å². The molecule has 0 radical (unpaired) electrons. The molecule has 1 aliphatic heterocycles. The van der Waals surface area contributed by atoms with Crippen LogP contribution >= 0.6 is 22.6 Å². The van der Waals surface area contributed by atoms with Crippen molar-refractivity contribution >= 4 is 28.6 Å². The quantitative estimate of drug-likeness (QED) is 0.620. The highest BCUT2D eigenvalue weighted by Crippen LogP contribution is 2.20. The van der Waals surface area contributed by atoms with Gasteiger partial charge in [-0.1, -0.05) is 18.2 Å². The summed E-state index contributed by atoms with van der Waals surface area (Å²) in [5, 5.41) is 0. The summed E-state index contributed by atoms with van der Waals surface area (Å²) in [5.74, 6) is -0.189. The smallest absolute Gasteiger partial charge is 0.334 e. The van der Waals surface area contributed by atoms with Gasteiger partial charge in [0.15, 0.2) is 0 Å². The van der Waals surface area contributed by atoms with Crippen molar-refractivity contribution < 1.29 is 9.53 Å². The standard InChI is InChI=1S/C12H11IO2/c1-8-6-10(15-12(8)14)7-9-4-2-3-5-11(9)13/h2-6,10H,7H2,1H3. The largest absolute Gasteiger partial charge is 0.454 e. The van der Waals surface area contributed by atoms with Crippen LogP contribution in [0.25, 0.3) is 0 Å². The van der Waals surface area contributed by atoms with Gasteiger partial charge < -0.3 is 4.74 Å². The molecular weight excluding hydrogens is 303 g/mol. The molecule has 3 heteroatoms. The first-order valence-corrected chi connectivity index (χ1v) is 5.87. The topological polar surface area (TPSA) is 26.3 Å². The number of hydrogen-bond donors (Lipinski definition) is 0. The minimum absolute atomic E-state index is 0.0894. The number of esters is 1. The first-order valence-electron chi connectivity index (χ1n) is 4.79. The maximum Gasteiger partial charge on any atom is 0.334 e. The molecule has 0 saturated carbocycles. The lowest BCUT2D eigenvalue weighted by molar-refractivity contribution is -0.139. The average Bonchev–Trinajstić information content (AvgIpc) is 2.50. The van der Waals surface area contributed by atoms with Gasteiger partial charge in [0, 0.05) is 15.6 Å². The van der Waals surface area contributed by atoms with Crippen LogP contribution in [0.5, 0.6) is 0 Å². The number of rotatable bonds is 2. The summed E-state index contributed by atoms with van der Waals surface area (Å²) < 4.78 is 6.41. The Morgan fingerprint density at radius 3 is 2.73 bits per heavy atom. The third-order valence-corrected chi connectivity index (χ3v) is 3.45. The predicted octanol–water partition coefficient (Wildman–Crippen LogP) is 2.71. The molecule has 15 heavy (non-hydrogen) atoms. The normalized spacial score (nSPS) is 20.0. The van der Waals surface area contributed by atoms with Crippen molar-refractivity contribution in [3.63, 3.8) is 0 Å². The zero-order chi connectivity index (χ0) is 10.8. The fourth-order valence-electron chi connectivity index (χ4n) is 1.59. The highest BCUT2D eigenvalue weighted by atomic mass is 127. The Balaban J connectivity index is 2.11. The van der Waals surface area contributed by atoms with Crippen molar-refractivity contribution in [3.8, 4) is 0 Å². The number of benzene rings is 1. The summed E-state index contributed by atoms with van der Waals surface area (Å²) in [6.45, 7) is 1.79. The summed E-state index contributed by atoms with van der Waals surface area (Å²) in [5.41, 5.74) is 1.94. The predicted molar refractivity (Wildman–Crippen MR) is 66.5 cm³/mol. The number of cyclic esters (lactones) is 1. The maximum absolute atomic E-state index is 11.2. The van der Waals surface area contributed by atoms with E-state index in [0.29, 0.717) is 5.57 Å². The third kappa shape index (κ3) is 2.40. The van der Waals surface area contributed by atoms with Gasteiger partial charge in [-0.05, 0) is 47.2 Å². The summed E-state index contributed by atoms with van der Waals surface area (Å²) in [7, 11) is 0. The second-order valence-corrected chi connectivity index (χ2v) is 4.75. The van der Waals surface area contributed by atoms with E-state index < -0.39 is 0 Å². The van der Waals surface area contributed by atoms with Gasteiger partial charge in [0.05, 0.1) is 0 Å². The van der Waals surface area contributed by atoms with Crippen LogP contribution in [0.3, 0.4) is 0 Å². The van der Waals surface area contributed by atoms with Crippen LogP contribution in [0.2, 0.25) is 0 Å². The van der Waals surface area contributed by atoms with Crippen LogP contribution in [0, 0.1) is 3.57 Å². The van der Waals surface area contributed by atoms with E-state index in [1.165, 1.54) is 9.13 Å². The molecule has 2 nitrogen and oxygen atoms in total. The first-order chi connectivity index (χ1) is 7.16. The van der Waals surface area contributed by atoms with Crippen molar-refractivity contribution in [2.45, 2.75) is 19.4 Å². The molecule has 0 spiro atoms. The highest BCUT2D eigenvalue weighted by molar-refractivity contribution is 14.1. The van der Waals surface area contributed by atoms with Crippen LogP contribution in [-0.4, -0.2) is 12.1 Å². The molecular formula is C12H11IO2. The van der Waals surface area contributed by atoms with Gasteiger partial charge in [-0.15, -0.1) is 0 Å². The van der Waals surface area contributed by atoms with Crippen molar-refractivity contribution in [3.05, 3.63) is 45.0 Å². The Labute approximate surface area is 102 Å². The van der Waals surface area contributed by atoms with E-state index >= 15 is 0 Å². The summed E-state index contributed by atoms with van der Waals surface area (Å²) in [6.07, 6.45) is 2.57. The molecule has 0 bridgehead atoms. The molecule has 1 unspecified atom stereocenters. The van der Waals surface area contributed by atoms with E-state index in [-0.39, 0.29) is 12.1 Å². The zero-order valence-corrected chi connectivity index (χ0v) is 10.5. The number of ether oxygens (including phenoxy) is 1. The third-order valence-electron chi connectivity index (χ3n) is 2.40. The van der Waals surface area contributed by atoms with Crippen molar-refractivity contribution in [1.82, 2.24) is 0 Å². The Hall–Kier alpha value is -0.840. The lowest BCUT2D eigenvalue weighted by atomic mass is 10.1. The van der Waals surface area contributed by atoms with Gasteiger partial charge in [-0.2, -0.15) is 0 Å². The molecule has 0 saturated heterocycles. The fraction of sp³-hybridized carbons (Fsp3) is 0.250. The molecule has 0 aliphatic carbocycles. The Morgan fingerprint density at radius 2 is 2.13 bits per heavy atom. The van der Waals surface area contributed by atoms with Crippen LogP contribution in [-0.2, 0) is 16.0 Å². The summed E-state index contributed by atoms with van der Waals surface area (Å²) in [4.78, 5) is 11.2. The number of carbonyl (C=O) groups excluding carboxylic acids is 1. The second kappa shape index (κ2) is 4.35. The van der Waals surface area contributed by atoms with Gasteiger partial charge in [0.2, 0.25) is 0 Å². The molecule has 1 aromatic carbocycles. The minimum atomic E-state index is -0.189. The fourth-order valence-corrected chi connectivity index (χ4v) is 2.20. The van der Waals surface area contributed by atoms with Gasteiger partial charge in [-0.3, -0.25) is 0 Å². The first kappa shape index (κ1) is 10.7. The van der Waals surface area contributed by atoms with E-state index in [2.05, 4.69) is 34.7 Å². The lowest BCUT2D eigenvalue weighted by Crippen LogP contribution is -2.11. The van der Waals surface area contributed by atoms with Crippen molar-refractivity contribution in [2.75, 3.05) is 0 Å². The molecule has 1 aromatic rings. The second-order valence-electron chi connectivity index (χ2n) is 3.59. The zero-order valence-electron chi connectivity index (χ0n) is 8.37. The van der Waals surface area contributed by atoms with E-state index in [1.807, 2.05) is 18.2 Å². The monoisotopic (exact) mass is 314 g/mol. The molecule has 1 aliphatic rings. The van der Waals surface area contributed by atoms with Crippen LogP contribution in [0.4, 0.5) is 0 Å². The van der Waals surface area contributed by atoms with Crippen LogP contribution < -0.4 is 0 Å². The highest BCUT2D eigenvalue weighted by Gasteiger charge is 2.22. The molecule has 0 N–H and O–H groups in total. The maximum atomic E-state index is 11.2. The summed E-state index contributed by atoms with van der Waals surface area (Å²) >= 11 is 2.30. The molecule has 78 valence electrons. The van der Waals surface area contributed by atoms with Crippen LogP contribution in [0.1, 0.15) is 12.5 Å². The van der Waals surface area contributed by atoms with Gasteiger partial charge in [-0.25, -0.2) is 4.79 Å². The minimum Gasteiger partial charge on any atom is -0.454 e. The molecule has 1 atom stereocenters. The average molecular weight is 314 g/mol. The van der Waals surface area contributed by atoms with Crippen LogP contribution in [0.15, 0.2) is 35.9 Å².